The second kappa shape index (κ2) is 3.78. The SMILES string of the molecule is Nc1ccc(C(=O)CCl)cc1Cl. The van der Waals surface area contributed by atoms with Crippen molar-refractivity contribution < 1.29 is 4.79 Å². The number of hydrogen-bond acceptors (Lipinski definition) is 2. The van der Waals surface area contributed by atoms with Gasteiger partial charge in [-0.2, -0.15) is 0 Å². The van der Waals surface area contributed by atoms with Gasteiger partial charge in [-0.05, 0) is 18.2 Å². The number of carbonyl (C=O) groups is 1. The summed E-state index contributed by atoms with van der Waals surface area (Å²) < 4.78 is 0. The first-order valence-corrected chi connectivity index (χ1v) is 4.20. The zero-order chi connectivity index (χ0) is 9.14. The predicted octanol–water partition coefficient (Wildman–Crippen LogP) is 2.34. The number of Topliss-reactive ketones (excluding diaryl/α,β-unsaturated/α-hetero) is 1. The van der Waals surface area contributed by atoms with Gasteiger partial charge in [-0.1, -0.05) is 11.6 Å². The Hall–Kier alpha value is -0.730. The molecule has 1 rings (SSSR count). The maximum Gasteiger partial charge on any atom is 0.177 e. The molecule has 2 N–H and O–H groups in total. The number of rotatable bonds is 2. The van der Waals surface area contributed by atoms with Gasteiger partial charge in [0.1, 0.15) is 0 Å². The summed E-state index contributed by atoms with van der Waals surface area (Å²) in [5, 5.41) is 0.381. The molecule has 0 aliphatic rings. The van der Waals surface area contributed by atoms with Gasteiger partial charge in [-0.25, -0.2) is 0 Å². The molecule has 0 aliphatic carbocycles. The molecule has 12 heavy (non-hydrogen) atoms. The molecule has 0 unspecified atom stereocenters. The third-order valence-corrected chi connectivity index (χ3v) is 2.01. The van der Waals surface area contributed by atoms with Crippen LogP contribution in [0.15, 0.2) is 18.2 Å². The van der Waals surface area contributed by atoms with Gasteiger partial charge < -0.3 is 5.73 Å². The van der Waals surface area contributed by atoms with Crippen molar-refractivity contribution in [2.24, 2.45) is 0 Å². The maximum absolute atomic E-state index is 11.0. The zero-order valence-corrected chi connectivity index (χ0v) is 7.69. The van der Waals surface area contributed by atoms with E-state index in [0.29, 0.717) is 16.3 Å². The van der Waals surface area contributed by atoms with Crippen molar-refractivity contribution in [1.29, 1.82) is 0 Å². The van der Waals surface area contributed by atoms with Crippen LogP contribution >= 0.6 is 23.2 Å². The number of nitrogen functional groups attached to an aromatic ring is 1. The van der Waals surface area contributed by atoms with Crippen LogP contribution in [0, 0.1) is 0 Å². The van der Waals surface area contributed by atoms with E-state index in [-0.39, 0.29) is 11.7 Å². The fraction of sp³-hybridized carbons (Fsp3) is 0.125. The van der Waals surface area contributed by atoms with Crippen LogP contribution in [-0.4, -0.2) is 11.7 Å². The molecule has 0 radical (unpaired) electrons. The van der Waals surface area contributed by atoms with Crippen LogP contribution in [0.3, 0.4) is 0 Å². The monoisotopic (exact) mass is 203 g/mol. The molecule has 2 nitrogen and oxygen atoms in total. The number of carbonyl (C=O) groups excluding carboxylic acids is 1. The van der Waals surface area contributed by atoms with Crippen molar-refractivity contribution in [2.45, 2.75) is 0 Å². The number of anilines is 1. The van der Waals surface area contributed by atoms with Crippen molar-refractivity contribution in [1.82, 2.24) is 0 Å². The molecule has 0 fully saturated rings. The Bertz CT molecular complexity index is 312. The third kappa shape index (κ3) is 1.90. The molecule has 0 bridgehead atoms. The molecule has 0 saturated heterocycles. The molecule has 0 saturated carbocycles. The van der Waals surface area contributed by atoms with Crippen LogP contribution in [0.2, 0.25) is 5.02 Å². The minimum Gasteiger partial charge on any atom is -0.398 e. The van der Waals surface area contributed by atoms with Gasteiger partial charge in [0, 0.05) is 5.56 Å². The largest absolute Gasteiger partial charge is 0.398 e. The normalized spacial score (nSPS) is 9.83. The Morgan fingerprint density at radius 2 is 2.17 bits per heavy atom. The van der Waals surface area contributed by atoms with Gasteiger partial charge in [-0.15, -0.1) is 11.6 Å². The van der Waals surface area contributed by atoms with Gasteiger partial charge in [0.15, 0.2) is 5.78 Å². The van der Waals surface area contributed by atoms with Gasteiger partial charge in [-0.3, -0.25) is 4.79 Å². The average Bonchev–Trinajstić information content (AvgIpc) is 2.08. The molecular formula is C8H7Cl2NO. The van der Waals surface area contributed by atoms with Gasteiger partial charge in [0.05, 0.1) is 16.6 Å². The molecule has 4 heteroatoms. The lowest BCUT2D eigenvalue weighted by atomic mass is 10.1. The molecule has 1 aromatic carbocycles. The minimum absolute atomic E-state index is 0.0414. The lowest BCUT2D eigenvalue weighted by molar-refractivity contribution is 0.102. The summed E-state index contributed by atoms with van der Waals surface area (Å²) in [4.78, 5) is 11.0. The first-order valence-electron chi connectivity index (χ1n) is 3.29. The number of hydrogen-bond donors (Lipinski definition) is 1. The van der Waals surface area contributed by atoms with Crippen molar-refractivity contribution in [2.75, 3.05) is 11.6 Å². The first kappa shape index (κ1) is 9.36. The van der Waals surface area contributed by atoms with Crippen molar-refractivity contribution in [3.05, 3.63) is 28.8 Å². The molecule has 64 valence electrons. The van der Waals surface area contributed by atoms with Gasteiger partial charge >= 0.3 is 0 Å². The summed E-state index contributed by atoms with van der Waals surface area (Å²) in [5.41, 5.74) is 6.40. The highest BCUT2D eigenvalue weighted by Crippen LogP contribution is 2.19. The van der Waals surface area contributed by atoms with Crippen molar-refractivity contribution >= 4 is 34.7 Å². The Labute approximate surface area is 80.3 Å². The Morgan fingerprint density at radius 3 is 2.67 bits per heavy atom. The highest BCUT2D eigenvalue weighted by Gasteiger charge is 2.05. The zero-order valence-electron chi connectivity index (χ0n) is 6.18. The molecule has 0 amide bonds. The Kier molecular flexibility index (Phi) is 2.95. The molecule has 0 aromatic heterocycles. The third-order valence-electron chi connectivity index (χ3n) is 1.44. The van der Waals surface area contributed by atoms with Crippen LogP contribution in [0.25, 0.3) is 0 Å². The number of benzene rings is 1. The molecule has 0 heterocycles. The van der Waals surface area contributed by atoms with Gasteiger partial charge in [0.25, 0.3) is 0 Å². The lowest BCUT2D eigenvalue weighted by Gasteiger charge is -2.00. The number of nitrogens with two attached hydrogens (primary N) is 1. The Balaban J connectivity index is 3.05. The molecule has 0 spiro atoms. The van der Waals surface area contributed by atoms with Crippen LogP contribution in [0.1, 0.15) is 10.4 Å². The van der Waals surface area contributed by atoms with E-state index in [2.05, 4.69) is 0 Å². The smallest absolute Gasteiger partial charge is 0.177 e. The summed E-state index contributed by atoms with van der Waals surface area (Å²) >= 11 is 11.0. The highest BCUT2D eigenvalue weighted by atomic mass is 35.5. The Morgan fingerprint density at radius 1 is 1.50 bits per heavy atom. The number of alkyl halides is 1. The topological polar surface area (TPSA) is 43.1 Å². The van der Waals surface area contributed by atoms with Crippen molar-refractivity contribution in [3.8, 4) is 0 Å². The summed E-state index contributed by atoms with van der Waals surface area (Å²) in [6.07, 6.45) is 0. The number of halogens is 2. The van der Waals surface area contributed by atoms with Crippen LogP contribution < -0.4 is 5.73 Å². The van der Waals surface area contributed by atoms with E-state index in [1.54, 1.807) is 12.1 Å². The second-order valence-electron chi connectivity index (χ2n) is 2.29. The van der Waals surface area contributed by atoms with Gasteiger partial charge in [0.2, 0.25) is 0 Å². The fourth-order valence-corrected chi connectivity index (χ4v) is 1.11. The minimum atomic E-state index is -0.154. The fourth-order valence-electron chi connectivity index (χ4n) is 0.778. The summed E-state index contributed by atoms with van der Waals surface area (Å²) in [5.74, 6) is -0.196. The molecular weight excluding hydrogens is 197 g/mol. The highest BCUT2D eigenvalue weighted by molar-refractivity contribution is 6.34. The van der Waals surface area contributed by atoms with Crippen molar-refractivity contribution in [3.63, 3.8) is 0 Å². The van der Waals surface area contributed by atoms with E-state index in [1.165, 1.54) is 6.07 Å². The average molecular weight is 204 g/mol. The molecule has 0 atom stereocenters. The predicted molar refractivity (Wildman–Crippen MR) is 50.9 cm³/mol. The van der Waals surface area contributed by atoms with Crippen LogP contribution in [0.4, 0.5) is 5.69 Å². The van der Waals surface area contributed by atoms with Crippen LogP contribution in [0.5, 0.6) is 0 Å². The van der Waals surface area contributed by atoms with E-state index in [1.807, 2.05) is 0 Å². The van der Waals surface area contributed by atoms with Crippen LogP contribution in [-0.2, 0) is 0 Å². The standard InChI is InChI=1S/C8H7Cl2NO/c9-4-8(12)5-1-2-7(11)6(10)3-5/h1-3H,4,11H2. The molecule has 0 aliphatic heterocycles. The van der Waals surface area contributed by atoms with E-state index in [4.69, 9.17) is 28.9 Å². The molecule has 1 aromatic rings. The van der Waals surface area contributed by atoms with E-state index in [9.17, 15) is 4.79 Å². The number of ketones is 1. The first-order chi connectivity index (χ1) is 5.65. The lowest BCUT2D eigenvalue weighted by Crippen LogP contribution is -2.00. The maximum atomic E-state index is 11.0. The quantitative estimate of drug-likeness (QED) is 0.456. The van der Waals surface area contributed by atoms with E-state index < -0.39 is 0 Å². The second-order valence-corrected chi connectivity index (χ2v) is 2.97. The summed E-state index contributed by atoms with van der Waals surface area (Å²) in [6, 6.07) is 4.70. The van der Waals surface area contributed by atoms with E-state index >= 15 is 0 Å². The summed E-state index contributed by atoms with van der Waals surface area (Å²) in [7, 11) is 0. The van der Waals surface area contributed by atoms with E-state index in [0.717, 1.165) is 0 Å². The summed E-state index contributed by atoms with van der Waals surface area (Å²) in [6.45, 7) is 0.